The van der Waals surface area contributed by atoms with E-state index in [9.17, 15) is 10.2 Å². The van der Waals surface area contributed by atoms with Crippen LogP contribution in [0.25, 0.3) is 32.3 Å². The first-order valence-corrected chi connectivity index (χ1v) is 14.6. The molecule has 0 fully saturated rings. The summed E-state index contributed by atoms with van der Waals surface area (Å²) in [6.45, 7) is 0. The Bertz CT molecular complexity index is 1910. The predicted octanol–water partition coefficient (Wildman–Crippen LogP) is 7.99. The molecule has 5 aromatic carbocycles. The van der Waals surface area contributed by atoms with Crippen molar-refractivity contribution in [3.63, 3.8) is 0 Å². The Morgan fingerprint density at radius 3 is 1.60 bits per heavy atom. The van der Waals surface area contributed by atoms with E-state index in [1.807, 2.05) is 84.9 Å². The molecule has 0 aliphatic rings. The minimum absolute atomic E-state index is 0.170. The molecular formula is C36H26N4O2S. The maximum Gasteiger partial charge on any atom is 0.206 e. The van der Waals surface area contributed by atoms with Crippen LogP contribution in [0.5, 0.6) is 11.5 Å². The quantitative estimate of drug-likeness (QED) is 0.187. The molecule has 6 nitrogen and oxygen atoms in total. The lowest BCUT2D eigenvalue weighted by molar-refractivity contribution is 0.396. The molecule has 0 saturated heterocycles. The van der Waals surface area contributed by atoms with Crippen molar-refractivity contribution >= 4 is 11.3 Å². The SMILES string of the molecule is Oc1cccc(-c2cc(-c3nnn(C(c4ccccc4)(c4ccccc4)c4ccccc4)n3)c(-c3cccc(O)c3)s2)c1. The van der Waals surface area contributed by atoms with Gasteiger partial charge in [-0.05, 0) is 63.4 Å². The lowest BCUT2D eigenvalue weighted by atomic mass is 9.77. The summed E-state index contributed by atoms with van der Waals surface area (Å²) in [4.78, 5) is 3.53. The van der Waals surface area contributed by atoms with Crippen LogP contribution >= 0.6 is 11.3 Å². The van der Waals surface area contributed by atoms with Crippen molar-refractivity contribution in [1.29, 1.82) is 0 Å². The standard InChI is InChI=1S/C36H26N4O2S/c41-30-20-10-12-25(22-30)33-24-32(34(43-33)26-13-11-21-31(42)23-26)35-37-39-40(38-35)36(27-14-4-1-5-15-27,28-16-6-2-7-17-28)29-18-8-3-9-19-29/h1-24,41-42H. The van der Waals surface area contributed by atoms with Gasteiger partial charge in [-0.2, -0.15) is 0 Å². The molecule has 7 aromatic rings. The molecule has 2 heterocycles. The summed E-state index contributed by atoms with van der Waals surface area (Å²) in [5, 5.41) is 35.0. The Labute approximate surface area is 252 Å². The molecule has 0 aliphatic carbocycles. The van der Waals surface area contributed by atoms with Crippen molar-refractivity contribution in [1.82, 2.24) is 20.2 Å². The molecular weight excluding hydrogens is 552 g/mol. The molecule has 0 spiro atoms. The summed E-state index contributed by atoms with van der Waals surface area (Å²) in [5.41, 5.74) is 4.58. The molecule has 0 aliphatic heterocycles. The van der Waals surface area contributed by atoms with Gasteiger partial charge >= 0.3 is 0 Å². The number of benzene rings is 5. The number of aromatic nitrogens is 4. The molecule has 0 unspecified atom stereocenters. The van der Waals surface area contributed by atoms with Gasteiger partial charge in [-0.1, -0.05) is 115 Å². The second-order valence-electron chi connectivity index (χ2n) is 10.2. The summed E-state index contributed by atoms with van der Waals surface area (Å²) in [6, 6.07) is 47.0. The number of hydrogen-bond acceptors (Lipinski definition) is 6. The van der Waals surface area contributed by atoms with Gasteiger partial charge in [0.05, 0.1) is 0 Å². The van der Waals surface area contributed by atoms with E-state index in [2.05, 4.69) is 41.5 Å². The van der Waals surface area contributed by atoms with E-state index in [0.717, 1.165) is 43.1 Å². The molecule has 0 atom stereocenters. The summed E-state index contributed by atoms with van der Waals surface area (Å²) in [7, 11) is 0. The Morgan fingerprint density at radius 2 is 1.07 bits per heavy atom. The van der Waals surface area contributed by atoms with Crippen LogP contribution in [0.4, 0.5) is 0 Å². The Kier molecular flexibility index (Phi) is 6.77. The van der Waals surface area contributed by atoms with Gasteiger partial charge in [0.25, 0.3) is 0 Å². The number of nitrogens with zero attached hydrogens (tertiary/aromatic N) is 4. The van der Waals surface area contributed by atoms with Gasteiger partial charge in [-0.15, -0.1) is 26.3 Å². The topological polar surface area (TPSA) is 84.1 Å². The molecule has 7 rings (SSSR count). The number of rotatable bonds is 7. The summed E-state index contributed by atoms with van der Waals surface area (Å²) >= 11 is 1.54. The van der Waals surface area contributed by atoms with Crippen LogP contribution in [-0.4, -0.2) is 30.4 Å². The highest BCUT2D eigenvalue weighted by atomic mass is 32.1. The third kappa shape index (κ3) is 4.75. The van der Waals surface area contributed by atoms with E-state index in [-0.39, 0.29) is 11.5 Å². The second-order valence-corrected chi connectivity index (χ2v) is 11.2. The van der Waals surface area contributed by atoms with Gasteiger partial charge in [0.15, 0.2) is 5.54 Å². The first kappa shape index (κ1) is 26.4. The van der Waals surface area contributed by atoms with Gasteiger partial charge in [-0.3, -0.25) is 0 Å². The van der Waals surface area contributed by atoms with E-state index in [1.54, 1.807) is 40.4 Å². The molecule has 7 heteroatoms. The fraction of sp³-hybridized carbons (Fsp3) is 0.0278. The highest BCUT2D eigenvalue weighted by Gasteiger charge is 2.41. The molecule has 0 bridgehead atoms. The van der Waals surface area contributed by atoms with Crippen molar-refractivity contribution in [3.05, 3.63) is 162 Å². The van der Waals surface area contributed by atoms with Crippen LogP contribution in [-0.2, 0) is 5.54 Å². The van der Waals surface area contributed by atoms with Crippen LogP contribution in [0.2, 0.25) is 0 Å². The number of thiophene rings is 1. The van der Waals surface area contributed by atoms with Crippen LogP contribution in [0.15, 0.2) is 146 Å². The first-order valence-electron chi connectivity index (χ1n) is 13.8. The van der Waals surface area contributed by atoms with Crippen molar-refractivity contribution in [2.75, 3.05) is 0 Å². The van der Waals surface area contributed by atoms with Crippen LogP contribution < -0.4 is 0 Å². The number of phenols is 2. The first-order chi connectivity index (χ1) is 21.1. The number of tetrazole rings is 1. The van der Waals surface area contributed by atoms with Crippen LogP contribution in [0, 0.1) is 0 Å². The average molecular weight is 579 g/mol. The van der Waals surface area contributed by atoms with Gasteiger partial charge in [0, 0.05) is 15.3 Å². The largest absolute Gasteiger partial charge is 0.508 e. The van der Waals surface area contributed by atoms with Crippen molar-refractivity contribution in [2.24, 2.45) is 0 Å². The maximum atomic E-state index is 10.3. The van der Waals surface area contributed by atoms with Crippen LogP contribution in [0.3, 0.4) is 0 Å². The third-order valence-corrected chi connectivity index (χ3v) is 8.73. The lowest BCUT2D eigenvalue weighted by Gasteiger charge is -2.34. The number of hydrogen-bond donors (Lipinski definition) is 2. The zero-order chi connectivity index (χ0) is 29.2. The highest BCUT2D eigenvalue weighted by molar-refractivity contribution is 7.19. The van der Waals surface area contributed by atoms with E-state index < -0.39 is 5.54 Å². The van der Waals surface area contributed by atoms with E-state index >= 15 is 0 Å². The number of phenolic OH excluding ortho intramolecular Hbond substituents is 2. The Hall–Kier alpha value is -5.53. The fourth-order valence-corrected chi connectivity index (χ4v) is 6.72. The zero-order valence-electron chi connectivity index (χ0n) is 22.9. The Morgan fingerprint density at radius 1 is 0.558 bits per heavy atom. The van der Waals surface area contributed by atoms with Gasteiger partial charge < -0.3 is 10.2 Å². The van der Waals surface area contributed by atoms with Crippen molar-refractivity contribution in [2.45, 2.75) is 5.54 Å². The molecule has 0 amide bonds. The summed E-state index contributed by atoms with van der Waals surface area (Å²) in [6.07, 6.45) is 0. The molecule has 2 aromatic heterocycles. The van der Waals surface area contributed by atoms with Crippen molar-refractivity contribution in [3.8, 4) is 43.8 Å². The van der Waals surface area contributed by atoms with E-state index in [1.165, 1.54) is 0 Å². The minimum atomic E-state index is -0.899. The van der Waals surface area contributed by atoms with Gasteiger partial charge in [0.2, 0.25) is 5.82 Å². The maximum absolute atomic E-state index is 10.3. The molecule has 0 saturated carbocycles. The number of aromatic hydroxyl groups is 2. The summed E-state index contributed by atoms with van der Waals surface area (Å²) in [5.74, 6) is 0.811. The highest BCUT2D eigenvalue weighted by Crippen LogP contribution is 2.45. The van der Waals surface area contributed by atoms with Crippen molar-refractivity contribution < 1.29 is 10.2 Å². The smallest absolute Gasteiger partial charge is 0.206 e. The molecule has 208 valence electrons. The lowest BCUT2D eigenvalue weighted by Crippen LogP contribution is -2.39. The molecule has 2 N–H and O–H groups in total. The molecule has 43 heavy (non-hydrogen) atoms. The van der Waals surface area contributed by atoms with Gasteiger partial charge in [0.1, 0.15) is 11.5 Å². The predicted molar refractivity (Wildman–Crippen MR) is 170 cm³/mol. The second kappa shape index (κ2) is 11.0. The zero-order valence-corrected chi connectivity index (χ0v) is 23.8. The van der Waals surface area contributed by atoms with E-state index in [0.29, 0.717) is 5.82 Å². The Balaban J connectivity index is 1.47. The normalized spacial score (nSPS) is 11.4. The average Bonchev–Trinajstić information content (AvgIpc) is 3.72. The monoisotopic (exact) mass is 578 g/mol. The van der Waals surface area contributed by atoms with E-state index in [4.69, 9.17) is 10.3 Å². The minimum Gasteiger partial charge on any atom is -0.508 e. The third-order valence-electron chi connectivity index (χ3n) is 7.50. The van der Waals surface area contributed by atoms with Crippen LogP contribution in [0.1, 0.15) is 16.7 Å². The fourth-order valence-electron chi connectivity index (χ4n) is 5.57. The van der Waals surface area contributed by atoms with Gasteiger partial charge in [-0.25, -0.2) is 0 Å². The molecule has 0 radical (unpaired) electrons. The summed E-state index contributed by atoms with van der Waals surface area (Å²) < 4.78 is 0.